The Hall–Kier alpha value is -4.75. The molecule has 4 rings (SSSR count). The molecule has 8 heteroatoms. The second kappa shape index (κ2) is 10.9. The summed E-state index contributed by atoms with van der Waals surface area (Å²) in [5.74, 6) is -0.481. The first-order valence-corrected chi connectivity index (χ1v) is 11.6. The predicted octanol–water partition coefficient (Wildman–Crippen LogP) is 5.82. The van der Waals surface area contributed by atoms with Gasteiger partial charge in [0.05, 0.1) is 11.3 Å². The summed E-state index contributed by atoms with van der Waals surface area (Å²) in [6, 6.07) is 24.3. The van der Waals surface area contributed by atoms with Crippen molar-refractivity contribution in [2.75, 3.05) is 10.6 Å². The Kier molecular flexibility index (Phi) is 7.46. The number of anilines is 2. The number of hydrogen-bond donors (Lipinski definition) is 2. The molecule has 0 spiro atoms. The third-order valence-electron chi connectivity index (χ3n) is 5.58. The number of halogens is 1. The van der Waals surface area contributed by atoms with E-state index in [2.05, 4.69) is 28.9 Å². The highest BCUT2D eigenvalue weighted by Gasteiger charge is 2.15. The van der Waals surface area contributed by atoms with E-state index in [4.69, 9.17) is 11.6 Å². The summed E-state index contributed by atoms with van der Waals surface area (Å²) in [6.07, 6.45) is 0. The number of carbonyl (C=O) groups excluding carboxylic acids is 3. The molecule has 0 aliphatic heterocycles. The molecule has 0 atom stereocenters. The Morgan fingerprint density at radius 1 is 0.811 bits per heavy atom. The zero-order chi connectivity index (χ0) is 26.5. The molecule has 7 nitrogen and oxygen atoms in total. The van der Waals surface area contributed by atoms with E-state index < -0.39 is 5.91 Å². The van der Waals surface area contributed by atoms with E-state index in [1.807, 2.05) is 6.07 Å². The van der Waals surface area contributed by atoms with E-state index in [-0.39, 0.29) is 22.3 Å². The standard InChI is InChI=1S/C29H23ClN4O3/c1-18(19(2)30)28(36)31-24-14-12-20(13-15-24)25-17-26(34(3)33-25)32-29(37)23-11-7-10-22(16-23)27(35)21-8-5-4-6-9-21/h4-17H,1-2H2,3H3,(H,31,36)(H,32,37). The number of aromatic nitrogens is 2. The van der Waals surface area contributed by atoms with E-state index in [1.54, 1.807) is 90.6 Å². The lowest BCUT2D eigenvalue weighted by atomic mass is 10.0. The van der Waals surface area contributed by atoms with Gasteiger partial charge < -0.3 is 10.6 Å². The number of nitrogens with zero attached hydrogens (tertiary/aromatic N) is 2. The highest BCUT2D eigenvalue weighted by Crippen LogP contribution is 2.24. The Labute approximate surface area is 219 Å². The molecule has 0 saturated heterocycles. The second-order valence-corrected chi connectivity index (χ2v) is 8.64. The zero-order valence-electron chi connectivity index (χ0n) is 20.0. The van der Waals surface area contributed by atoms with Crippen molar-refractivity contribution < 1.29 is 14.4 Å². The number of benzene rings is 3. The molecule has 37 heavy (non-hydrogen) atoms. The molecule has 0 unspecified atom stereocenters. The summed E-state index contributed by atoms with van der Waals surface area (Å²) >= 11 is 5.72. The van der Waals surface area contributed by atoms with Gasteiger partial charge in [-0.2, -0.15) is 5.10 Å². The van der Waals surface area contributed by atoms with Crippen LogP contribution in [0.5, 0.6) is 0 Å². The van der Waals surface area contributed by atoms with Crippen LogP contribution in [0.2, 0.25) is 0 Å². The SMILES string of the molecule is C=C(Cl)C(=C)C(=O)Nc1ccc(-c2cc(NC(=O)c3cccc(C(=O)c4ccccc4)c3)n(C)n2)cc1. The Morgan fingerprint density at radius 2 is 1.46 bits per heavy atom. The quantitative estimate of drug-likeness (QED) is 0.177. The lowest BCUT2D eigenvalue weighted by Gasteiger charge is -2.07. The average molecular weight is 511 g/mol. The van der Waals surface area contributed by atoms with Gasteiger partial charge in [0.15, 0.2) is 5.78 Å². The lowest BCUT2D eigenvalue weighted by molar-refractivity contribution is -0.112. The van der Waals surface area contributed by atoms with E-state index in [1.165, 1.54) is 0 Å². The van der Waals surface area contributed by atoms with Gasteiger partial charge in [-0.15, -0.1) is 0 Å². The van der Waals surface area contributed by atoms with Gasteiger partial charge in [0, 0.05) is 46.1 Å². The number of hydrogen-bond acceptors (Lipinski definition) is 4. The lowest BCUT2D eigenvalue weighted by Crippen LogP contribution is -2.15. The van der Waals surface area contributed by atoms with Gasteiger partial charge in [-0.25, -0.2) is 0 Å². The largest absolute Gasteiger partial charge is 0.322 e. The molecule has 0 radical (unpaired) electrons. The molecule has 4 aromatic rings. The van der Waals surface area contributed by atoms with Crippen molar-refractivity contribution in [2.24, 2.45) is 7.05 Å². The molecular weight excluding hydrogens is 488 g/mol. The second-order valence-electron chi connectivity index (χ2n) is 8.18. The third kappa shape index (κ3) is 5.91. The van der Waals surface area contributed by atoms with Crippen LogP contribution < -0.4 is 10.6 Å². The van der Waals surface area contributed by atoms with Crippen molar-refractivity contribution in [3.05, 3.63) is 125 Å². The van der Waals surface area contributed by atoms with Crippen molar-refractivity contribution in [2.45, 2.75) is 0 Å². The summed E-state index contributed by atoms with van der Waals surface area (Å²) < 4.78 is 1.55. The van der Waals surface area contributed by atoms with E-state index in [9.17, 15) is 14.4 Å². The minimum atomic E-state index is -0.440. The Balaban J connectivity index is 1.47. The van der Waals surface area contributed by atoms with Crippen LogP contribution >= 0.6 is 11.6 Å². The highest BCUT2D eigenvalue weighted by atomic mass is 35.5. The Morgan fingerprint density at radius 3 is 2.14 bits per heavy atom. The first-order chi connectivity index (χ1) is 17.7. The highest BCUT2D eigenvalue weighted by molar-refractivity contribution is 6.35. The van der Waals surface area contributed by atoms with Gasteiger partial charge in [-0.1, -0.05) is 79.4 Å². The van der Waals surface area contributed by atoms with Crippen LogP contribution in [0.4, 0.5) is 11.5 Å². The Bertz CT molecular complexity index is 1520. The van der Waals surface area contributed by atoms with Crippen molar-refractivity contribution in [1.82, 2.24) is 9.78 Å². The first kappa shape index (κ1) is 25.3. The van der Waals surface area contributed by atoms with Crippen LogP contribution in [0.1, 0.15) is 26.3 Å². The molecule has 0 saturated carbocycles. The number of aryl methyl sites for hydroxylation is 1. The minimum absolute atomic E-state index is 0.0757. The fraction of sp³-hybridized carbons (Fsp3) is 0.0345. The summed E-state index contributed by atoms with van der Waals surface area (Å²) in [6.45, 7) is 7.09. The molecule has 2 amide bonds. The van der Waals surface area contributed by atoms with Crippen molar-refractivity contribution in [3.63, 3.8) is 0 Å². The molecule has 184 valence electrons. The monoisotopic (exact) mass is 510 g/mol. The maximum absolute atomic E-state index is 12.9. The molecular formula is C29H23ClN4O3. The van der Waals surface area contributed by atoms with Gasteiger partial charge >= 0.3 is 0 Å². The van der Waals surface area contributed by atoms with Crippen LogP contribution in [0.25, 0.3) is 11.3 Å². The van der Waals surface area contributed by atoms with Crippen molar-refractivity contribution >= 4 is 40.7 Å². The van der Waals surface area contributed by atoms with E-state index in [0.29, 0.717) is 33.9 Å². The van der Waals surface area contributed by atoms with Crippen LogP contribution in [-0.2, 0) is 11.8 Å². The zero-order valence-corrected chi connectivity index (χ0v) is 20.8. The normalized spacial score (nSPS) is 10.4. The summed E-state index contributed by atoms with van der Waals surface area (Å²) in [5, 5.41) is 10.1. The maximum Gasteiger partial charge on any atom is 0.256 e. The summed E-state index contributed by atoms with van der Waals surface area (Å²) in [7, 11) is 1.72. The van der Waals surface area contributed by atoms with Gasteiger partial charge in [0.1, 0.15) is 5.82 Å². The molecule has 0 aliphatic rings. The number of nitrogens with one attached hydrogen (secondary N) is 2. The van der Waals surface area contributed by atoms with Gasteiger partial charge in [0.2, 0.25) is 0 Å². The number of ketones is 1. The molecule has 0 bridgehead atoms. The molecule has 1 aromatic heterocycles. The first-order valence-electron chi connectivity index (χ1n) is 11.2. The van der Waals surface area contributed by atoms with E-state index in [0.717, 1.165) is 5.56 Å². The third-order valence-corrected chi connectivity index (χ3v) is 5.81. The number of rotatable bonds is 8. The average Bonchev–Trinajstić information content (AvgIpc) is 3.28. The maximum atomic E-state index is 12.9. The fourth-order valence-electron chi connectivity index (χ4n) is 3.53. The number of carbonyl (C=O) groups is 3. The van der Waals surface area contributed by atoms with Gasteiger partial charge in [0.25, 0.3) is 11.8 Å². The van der Waals surface area contributed by atoms with Crippen LogP contribution in [0, 0.1) is 0 Å². The van der Waals surface area contributed by atoms with Crippen molar-refractivity contribution in [1.29, 1.82) is 0 Å². The smallest absolute Gasteiger partial charge is 0.256 e. The molecule has 0 aliphatic carbocycles. The predicted molar refractivity (Wildman–Crippen MR) is 146 cm³/mol. The van der Waals surface area contributed by atoms with Crippen LogP contribution in [-0.4, -0.2) is 27.4 Å². The fourth-order valence-corrected chi connectivity index (χ4v) is 3.61. The van der Waals surface area contributed by atoms with Crippen LogP contribution in [0.15, 0.2) is 109 Å². The minimum Gasteiger partial charge on any atom is -0.322 e. The molecule has 1 heterocycles. The van der Waals surface area contributed by atoms with Crippen molar-refractivity contribution in [3.8, 4) is 11.3 Å². The summed E-state index contributed by atoms with van der Waals surface area (Å²) in [4.78, 5) is 37.8. The van der Waals surface area contributed by atoms with Gasteiger partial charge in [-0.3, -0.25) is 19.1 Å². The van der Waals surface area contributed by atoms with Gasteiger partial charge in [-0.05, 0) is 24.3 Å². The van der Waals surface area contributed by atoms with E-state index >= 15 is 0 Å². The topological polar surface area (TPSA) is 93.1 Å². The number of amides is 2. The van der Waals surface area contributed by atoms with Crippen LogP contribution in [0.3, 0.4) is 0 Å². The molecule has 3 aromatic carbocycles. The molecule has 2 N–H and O–H groups in total. The molecule has 0 fully saturated rings. The summed E-state index contributed by atoms with van der Waals surface area (Å²) in [5.41, 5.74) is 3.39.